The summed E-state index contributed by atoms with van der Waals surface area (Å²) < 4.78 is 13.8. The van der Waals surface area contributed by atoms with Crippen LogP contribution in [0.15, 0.2) is 53.1 Å². The maximum Gasteiger partial charge on any atom is 0.354 e. The number of ether oxygens (including phenoxy) is 1. The van der Waals surface area contributed by atoms with E-state index in [4.69, 9.17) is 32.5 Å². The van der Waals surface area contributed by atoms with Gasteiger partial charge in [0.05, 0.1) is 28.5 Å². The van der Waals surface area contributed by atoms with Crippen LogP contribution in [0.25, 0.3) is 22.5 Å². The molecule has 1 aliphatic carbocycles. The predicted octanol–water partition coefficient (Wildman–Crippen LogP) is 7.34. The van der Waals surface area contributed by atoms with E-state index in [-0.39, 0.29) is 11.8 Å². The van der Waals surface area contributed by atoms with Crippen LogP contribution in [0.4, 0.5) is 5.69 Å². The van der Waals surface area contributed by atoms with E-state index in [0.29, 0.717) is 51.6 Å². The Bertz CT molecular complexity index is 1580. The second-order valence-corrected chi connectivity index (χ2v) is 12.1. The van der Waals surface area contributed by atoms with E-state index in [0.717, 1.165) is 55.4 Å². The van der Waals surface area contributed by atoms with Crippen LogP contribution >= 0.6 is 23.2 Å². The van der Waals surface area contributed by atoms with Gasteiger partial charge in [-0.15, -0.1) is 0 Å². The van der Waals surface area contributed by atoms with Crippen LogP contribution in [-0.4, -0.2) is 44.2 Å². The van der Waals surface area contributed by atoms with Gasteiger partial charge in [-0.2, -0.15) is 5.10 Å². The Labute approximate surface area is 247 Å². The molecule has 3 aliphatic rings. The van der Waals surface area contributed by atoms with Gasteiger partial charge in [-0.05, 0) is 68.9 Å². The zero-order chi connectivity index (χ0) is 28.2. The van der Waals surface area contributed by atoms with Crippen molar-refractivity contribution in [3.05, 3.63) is 75.6 Å². The number of hydrogen-bond donors (Lipinski definition) is 1. The summed E-state index contributed by atoms with van der Waals surface area (Å²) in [4.78, 5) is 13.9. The molecule has 7 rings (SSSR count). The number of aryl methyl sites for hydroxylation is 1. The highest BCUT2D eigenvalue weighted by molar-refractivity contribution is 6.39. The van der Waals surface area contributed by atoms with E-state index in [9.17, 15) is 9.90 Å². The molecule has 2 aromatic carbocycles. The second kappa shape index (κ2) is 10.5. The number of aromatic carboxylic acids is 1. The number of rotatable bonds is 8. The topological polar surface area (TPSA) is 93.6 Å². The molecule has 3 atom stereocenters. The molecule has 212 valence electrons. The van der Waals surface area contributed by atoms with Crippen molar-refractivity contribution in [3.63, 3.8) is 0 Å². The van der Waals surface area contributed by atoms with Crippen LogP contribution in [0.1, 0.15) is 66.3 Å². The third-order valence-electron chi connectivity index (χ3n) is 8.68. The Kier molecular flexibility index (Phi) is 6.80. The normalized spacial score (nSPS) is 21.9. The smallest absolute Gasteiger partial charge is 0.354 e. The third kappa shape index (κ3) is 4.92. The van der Waals surface area contributed by atoms with Crippen molar-refractivity contribution in [2.24, 2.45) is 7.05 Å². The molecule has 0 amide bonds. The van der Waals surface area contributed by atoms with Gasteiger partial charge in [0, 0.05) is 47.4 Å². The minimum absolute atomic E-state index is 0.141. The Morgan fingerprint density at radius 2 is 1.73 bits per heavy atom. The molecule has 10 heteroatoms. The number of hydrogen-bond acceptors (Lipinski definition) is 6. The summed E-state index contributed by atoms with van der Waals surface area (Å²) in [6.07, 6.45) is 6.51. The number of aromatic nitrogens is 3. The number of carbonyl (C=O) groups is 1. The molecule has 4 heterocycles. The first kappa shape index (κ1) is 26.6. The quantitative estimate of drug-likeness (QED) is 0.229. The standard InChI is InChI=1S/C31H30Cl2N4O4/c1-36-27(31(38)39)15-26(34-36)17-7-9-19(10-8-17)37-20-11-12-21(37)14-22(13-20)40-16-23-29(35-41-30(23)18-5-6-18)28-24(32)3-2-4-25(28)33/h2-4,7-10,15,18,20-22H,5-6,11-14,16H2,1H3,(H,38,39)/t20-,21+,22?. The fourth-order valence-corrected chi connectivity index (χ4v) is 7.12. The summed E-state index contributed by atoms with van der Waals surface area (Å²) in [7, 11) is 1.65. The van der Waals surface area contributed by atoms with Gasteiger partial charge in [-0.3, -0.25) is 4.68 Å². The molecule has 2 bridgehead atoms. The van der Waals surface area contributed by atoms with Crippen LogP contribution in [-0.2, 0) is 18.4 Å². The largest absolute Gasteiger partial charge is 0.477 e. The molecule has 41 heavy (non-hydrogen) atoms. The van der Waals surface area contributed by atoms with Crippen molar-refractivity contribution in [2.75, 3.05) is 4.90 Å². The lowest BCUT2D eigenvalue weighted by atomic mass is 9.98. The SMILES string of the molecule is Cn1nc(-c2ccc(N3[C@@H]4CC[C@H]3CC(OCc3c(-c5c(Cl)cccc5Cl)noc3C3CC3)C4)cc2)cc1C(=O)O. The number of benzene rings is 2. The predicted molar refractivity (Wildman–Crippen MR) is 157 cm³/mol. The highest BCUT2D eigenvalue weighted by Crippen LogP contribution is 2.47. The Morgan fingerprint density at radius 1 is 1.05 bits per heavy atom. The zero-order valence-corrected chi connectivity index (χ0v) is 24.1. The van der Waals surface area contributed by atoms with Gasteiger partial charge in [0.25, 0.3) is 0 Å². The number of carboxylic acid groups (broad SMARTS) is 1. The van der Waals surface area contributed by atoms with E-state index in [1.54, 1.807) is 13.1 Å². The highest BCUT2D eigenvalue weighted by Gasteiger charge is 2.42. The van der Waals surface area contributed by atoms with Crippen molar-refractivity contribution in [1.82, 2.24) is 14.9 Å². The summed E-state index contributed by atoms with van der Waals surface area (Å²) in [5.41, 5.74) is 5.26. The number of anilines is 1. The zero-order valence-electron chi connectivity index (χ0n) is 22.6. The fraction of sp³-hybridized carbons (Fsp3) is 0.387. The molecule has 1 saturated carbocycles. The van der Waals surface area contributed by atoms with Crippen LogP contribution in [0.2, 0.25) is 10.0 Å². The lowest BCUT2D eigenvalue weighted by Gasteiger charge is -2.40. The van der Waals surface area contributed by atoms with Crippen molar-refractivity contribution in [1.29, 1.82) is 0 Å². The molecule has 2 aromatic heterocycles. The van der Waals surface area contributed by atoms with E-state index < -0.39 is 5.97 Å². The van der Waals surface area contributed by atoms with Gasteiger partial charge in [0.1, 0.15) is 17.1 Å². The molecule has 0 spiro atoms. The molecular weight excluding hydrogens is 563 g/mol. The first-order valence-corrected chi connectivity index (χ1v) is 14.8. The first-order valence-electron chi connectivity index (χ1n) is 14.1. The number of piperidine rings is 1. The van der Waals surface area contributed by atoms with Gasteiger partial charge in [-0.25, -0.2) is 4.79 Å². The average molecular weight is 594 g/mol. The summed E-state index contributed by atoms with van der Waals surface area (Å²) in [5.74, 6) is 0.306. The van der Waals surface area contributed by atoms with Crippen molar-refractivity contribution in [3.8, 4) is 22.5 Å². The lowest BCUT2D eigenvalue weighted by molar-refractivity contribution is 0.0147. The van der Waals surface area contributed by atoms with Crippen molar-refractivity contribution < 1.29 is 19.2 Å². The summed E-state index contributed by atoms with van der Waals surface area (Å²) in [5, 5.41) is 19.2. The molecular formula is C31H30Cl2N4O4. The van der Waals surface area contributed by atoms with Gasteiger partial charge in [0.15, 0.2) is 0 Å². The lowest BCUT2D eigenvalue weighted by Crippen LogP contribution is -2.45. The van der Waals surface area contributed by atoms with E-state index in [2.05, 4.69) is 27.3 Å². The van der Waals surface area contributed by atoms with Crippen LogP contribution in [0.3, 0.4) is 0 Å². The maximum absolute atomic E-state index is 11.4. The first-order chi connectivity index (χ1) is 19.9. The van der Waals surface area contributed by atoms with Crippen molar-refractivity contribution >= 4 is 34.9 Å². The fourth-order valence-electron chi connectivity index (χ4n) is 6.55. The molecule has 8 nitrogen and oxygen atoms in total. The van der Waals surface area contributed by atoms with Gasteiger partial charge < -0.3 is 19.3 Å². The summed E-state index contributed by atoms with van der Waals surface area (Å²) in [6, 6.07) is 16.2. The van der Waals surface area contributed by atoms with Crippen LogP contribution < -0.4 is 4.90 Å². The van der Waals surface area contributed by atoms with Crippen LogP contribution in [0.5, 0.6) is 0 Å². The Hall–Kier alpha value is -3.33. The average Bonchev–Trinajstić information content (AvgIpc) is 3.51. The number of nitrogens with zero attached hydrogens (tertiary/aromatic N) is 4. The monoisotopic (exact) mass is 592 g/mol. The van der Waals surface area contributed by atoms with E-state index >= 15 is 0 Å². The van der Waals surface area contributed by atoms with E-state index in [1.165, 1.54) is 10.4 Å². The highest BCUT2D eigenvalue weighted by atomic mass is 35.5. The van der Waals surface area contributed by atoms with Gasteiger partial charge in [-0.1, -0.05) is 46.6 Å². The second-order valence-electron chi connectivity index (χ2n) is 11.3. The minimum atomic E-state index is -0.985. The molecule has 4 aromatic rings. The Morgan fingerprint density at radius 3 is 2.34 bits per heavy atom. The molecule has 2 saturated heterocycles. The maximum atomic E-state index is 11.4. The molecule has 1 N–H and O–H groups in total. The van der Waals surface area contributed by atoms with Crippen molar-refractivity contribution in [2.45, 2.75) is 69.2 Å². The number of halogens is 2. The van der Waals surface area contributed by atoms with Crippen LogP contribution in [0, 0.1) is 0 Å². The molecule has 3 fully saturated rings. The number of fused-ring (bicyclic) bond motifs is 2. The molecule has 1 unspecified atom stereocenters. The Balaban J connectivity index is 1.06. The summed E-state index contributed by atoms with van der Waals surface area (Å²) >= 11 is 13.1. The third-order valence-corrected chi connectivity index (χ3v) is 9.31. The minimum Gasteiger partial charge on any atom is -0.477 e. The van der Waals surface area contributed by atoms with Gasteiger partial charge in [0.2, 0.25) is 0 Å². The summed E-state index contributed by atoms with van der Waals surface area (Å²) in [6.45, 7) is 0.424. The molecule has 0 radical (unpaired) electrons. The van der Waals surface area contributed by atoms with Gasteiger partial charge >= 0.3 is 5.97 Å². The number of carboxylic acids is 1. The molecule has 2 aliphatic heterocycles. The van der Waals surface area contributed by atoms with E-state index in [1.807, 2.05) is 30.3 Å².